The average Bonchev–Trinajstić information content (AvgIpc) is 3.16. The number of benzene rings is 2. The molecule has 0 bridgehead atoms. The van der Waals surface area contributed by atoms with E-state index in [4.69, 9.17) is 0 Å². The van der Waals surface area contributed by atoms with E-state index in [2.05, 4.69) is 20.5 Å². The number of anilines is 1. The Balaban J connectivity index is 1.59. The summed E-state index contributed by atoms with van der Waals surface area (Å²) in [6.45, 7) is 1.85. The number of nitrogens with one attached hydrogen (secondary N) is 2. The molecule has 5 nitrogen and oxygen atoms in total. The molecule has 0 spiro atoms. The van der Waals surface area contributed by atoms with Gasteiger partial charge in [-0.3, -0.25) is 14.9 Å². The molecular formula is C22H16F2N4O. The normalized spacial score (nSPS) is 10.7. The molecule has 0 aliphatic carbocycles. The smallest absolute Gasteiger partial charge is 0.257 e. The SMILES string of the molecule is Cc1c(C(=O)Nc2cc(-c3cc(F)cc(F)c3)[nH]n2)cccc1-c1ccccn1. The van der Waals surface area contributed by atoms with E-state index in [-0.39, 0.29) is 11.7 Å². The second-order valence-corrected chi connectivity index (χ2v) is 6.47. The van der Waals surface area contributed by atoms with Crippen molar-refractivity contribution >= 4 is 11.7 Å². The summed E-state index contributed by atoms with van der Waals surface area (Å²) in [7, 11) is 0. The van der Waals surface area contributed by atoms with Gasteiger partial charge in [0.1, 0.15) is 11.6 Å². The van der Waals surface area contributed by atoms with Gasteiger partial charge >= 0.3 is 0 Å². The van der Waals surface area contributed by atoms with Crippen molar-refractivity contribution in [3.63, 3.8) is 0 Å². The van der Waals surface area contributed by atoms with Crippen molar-refractivity contribution in [1.29, 1.82) is 0 Å². The Bertz CT molecular complexity index is 1170. The minimum Gasteiger partial charge on any atom is -0.305 e. The van der Waals surface area contributed by atoms with E-state index in [1.54, 1.807) is 18.3 Å². The number of carbonyl (C=O) groups is 1. The van der Waals surface area contributed by atoms with Gasteiger partial charge in [0, 0.05) is 35.0 Å². The highest BCUT2D eigenvalue weighted by atomic mass is 19.1. The van der Waals surface area contributed by atoms with Crippen molar-refractivity contribution in [2.45, 2.75) is 6.92 Å². The summed E-state index contributed by atoms with van der Waals surface area (Å²) in [4.78, 5) is 17.1. The molecule has 2 aromatic heterocycles. The van der Waals surface area contributed by atoms with E-state index < -0.39 is 11.6 Å². The monoisotopic (exact) mass is 390 g/mol. The number of aromatic nitrogens is 3. The maximum atomic E-state index is 13.4. The van der Waals surface area contributed by atoms with Crippen LogP contribution in [0.1, 0.15) is 15.9 Å². The molecule has 0 saturated heterocycles. The van der Waals surface area contributed by atoms with Crippen LogP contribution in [-0.4, -0.2) is 21.1 Å². The van der Waals surface area contributed by atoms with Crippen LogP contribution in [0.25, 0.3) is 22.5 Å². The summed E-state index contributed by atoms with van der Waals surface area (Å²) in [6.07, 6.45) is 1.70. The van der Waals surface area contributed by atoms with Crippen LogP contribution in [0.5, 0.6) is 0 Å². The van der Waals surface area contributed by atoms with E-state index in [1.165, 1.54) is 18.2 Å². The third-order valence-corrected chi connectivity index (χ3v) is 4.51. The summed E-state index contributed by atoms with van der Waals surface area (Å²) in [5.74, 6) is -1.48. The van der Waals surface area contributed by atoms with E-state index in [9.17, 15) is 13.6 Å². The van der Waals surface area contributed by atoms with Crippen molar-refractivity contribution < 1.29 is 13.6 Å². The molecule has 0 radical (unpaired) electrons. The van der Waals surface area contributed by atoms with Crippen LogP contribution < -0.4 is 5.32 Å². The lowest BCUT2D eigenvalue weighted by Gasteiger charge is -2.10. The first kappa shape index (κ1) is 18.5. The van der Waals surface area contributed by atoms with Crippen LogP contribution >= 0.6 is 0 Å². The van der Waals surface area contributed by atoms with Crippen molar-refractivity contribution in [2.24, 2.45) is 0 Å². The first-order valence-corrected chi connectivity index (χ1v) is 8.85. The highest BCUT2D eigenvalue weighted by molar-refractivity contribution is 6.06. The van der Waals surface area contributed by atoms with Gasteiger partial charge in [-0.25, -0.2) is 8.78 Å². The summed E-state index contributed by atoms with van der Waals surface area (Å²) in [5.41, 5.74) is 3.58. The van der Waals surface area contributed by atoms with Crippen molar-refractivity contribution in [3.8, 4) is 22.5 Å². The highest BCUT2D eigenvalue weighted by Crippen LogP contribution is 2.25. The zero-order chi connectivity index (χ0) is 20.4. The molecule has 144 valence electrons. The molecule has 4 rings (SSSR count). The Morgan fingerprint density at radius 1 is 1.00 bits per heavy atom. The maximum Gasteiger partial charge on any atom is 0.257 e. The largest absolute Gasteiger partial charge is 0.305 e. The molecule has 2 heterocycles. The van der Waals surface area contributed by atoms with E-state index in [1.807, 2.05) is 31.2 Å². The number of halogens is 2. The fourth-order valence-corrected chi connectivity index (χ4v) is 3.11. The van der Waals surface area contributed by atoms with Gasteiger partial charge in [-0.1, -0.05) is 18.2 Å². The minimum absolute atomic E-state index is 0.248. The second kappa shape index (κ2) is 7.63. The van der Waals surface area contributed by atoms with Crippen molar-refractivity contribution in [3.05, 3.63) is 89.6 Å². The van der Waals surface area contributed by atoms with Gasteiger partial charge in [0.25, 0.3) is 5.91 Å². The number of nitrogens with zero attached hydrogens (tertiary/aromatic N) is 2. The molecule has 2 N–H and O–H groups in total. The first-order chi connectivity index (χ1) is 14.0. The lowest BCUT2D eigenvalue weighted by molar-refractivity contribution is 0.102. The van der Waals surface area contributed by atoms with Gasteiger partial charge in [-0.15, -0.1) is 0 Å². The second-order valence-electron chi connectivity index (χ2n) is 6.47. The van der Waals surface area contributed by atoms with E-state index >= 15 is 0 Å². The van der Waals surface area contributed by atoms with Gasteiger partial charge in [-0.2, -0.15) is 5.10 Å². The molecule has 29 heavy (non-hydrogen) atoms. The number of pyridine rings is 1. The first-order valence-electron chi connectivity index (χ1n) is 8.85. The van der Waals surface area contributed by atoms with Gasteiger partial charge in [0.15, 0.2) is 5.82 Å². The van der Waals surface area contributed by atoms with Gasteiger partial charge in [-0.05, 0) is 42.8 Å². The Hall–Kier alpha value is -3.87. The fraction of sp³-hybridized carbons (Fsp3) is 0.0455. The predicted octanol–water partition coefficient (Wildman–Crippen LogP) is 4.98. The molecule has 4 aromatic rings. The number of amides is 1. The third-order valence-electron chi connectivity index (χ3n) is 4.51. The molecule has 1 amide bonds. The zero-order valence-corrected chi connectivity index (χ0v) is 15.4. The average molecular weight is 390 g/mol. The van der Waals surface area contributed by atoms with Crippen LogP contribution in [0.15, 0.2) is 66.9 Å². The molecule has 0 atom stereocenters. The molecular weight excluding hydrogens is 374 g/mol. The number of aromatic amines is 1. The molecule has 2 aromatic carbocycles. The topological polar surface area (TPSA) is 70.7 Å². The summed E-state index contributed by atoms with van der Waals surface area (Å²) in [6, 6.07) is 15.7. The summed E-state index contributed by atoms with van der Waals surface area (Å²) in [5, 5.41) is 9.40. The molecule has 7 heteroatoms. The quantitative estimate of drug-likeness (QED) is 0.516. The molecule has 0 aliphatic heterocycles. The van der Waals surface area contributed by atoms with Crippen molar-refractivity contribution in [1.82, 2.24) is 15.2 Å². The lowest BCUT2D eigenvalue weighted by atomic mass is 9.99. The Morgan fingerprint density at radius 3 is 2.52 bits per heavy atom. The van der Waals surface area contributed by atoms with Crippen LogP contribution in [0.4, 0.5) is 14.6 Å². The standard InChI is InChI=1S/C22H16F2N4O/c1-13-17(19-7-2-3-8-25-19)5-4-6-18(13)22(29)26-21-12-20(27-28-21)14-9-15(23)11-16(24)10-14/h2-12H,1H3,(H2,26,27,28,29). The number of hydrogen-bond donors (Lipinski definition) is 2. The number of H-pyrrole nitrogens is 1. The molecule has 0 aliphatic rings. The van der Waals surface area contributed by atoms with Gasteiger partial charge in [0.2, 0.25) is 0 Å². The highest BCUT2D eigenvalue weighted by Gasteiger charge is 2.15. The number of carbonyl (C=O) groups excluding carboxylic acids is 1. The Kier molecular flexibility index (Phi) is 4.87. The third kappa shape index (κ3) is 3.89. The van der Waals surface area contributed by atoms with E-state index in [0.717, 1.165) is 22.9 Å². The lowest BCUT2D eigenvalue weighted by Crippen LogP contribution is -2.14. The maximum absolute atomic E-state index is 13.4. The van der Waals surface area contributed by atoms with Crippen LogP contribution in [0.3, 0.4) is 0 Å². The predicted molar refractivity (Wildman–Crippen MR) is 106 cm³/mol. The van der Waals surface area contributed by atoms with Gasteiger partial charge in [0.05, 0.1) is 11.4 Å². The van der Waals surface area contributed by atoms with Crippen LogP contribution in [0, 0.1) is 18.6 Å². The minimum atomic E-state index is -0.692. The Labute approximate surface area is 165 Å². The summed E-state index contributed by atoms with van der Waals surface area (Å²) < 4.78 is 26.8. The van der Waals surface area contributed by atoms with Gasteiger partial charge < -0.3 is 5.32 Å². The van der Waals surface area contributed by atoms with E-state index in [0.29, 0.717) is 16.8 Å². The molecule has 0 fully saturated rings. The van der Waals surface area contributed by atoms with Crippen molar-refractivity contribution in [2.75, 3.05) is 5.32 Å². The molecule has 0 saturated carbocycles. The zero-order valence-electron chi connectivity index (χ0n) is 15.4. The summed E-state index contributed by atoms with van der Waals surface area (Å²) >= 11 is 0. The molecule has 0 unspecified atom stereocenters. The van der Waals surface area contributed by atoms with Crippen LogP contribution in [0.2, 0.25) is 0 Å². The number of hydrogen-bond acceptors (Lipinski definition) is 3. The Morgan fingerprint density at radius 2 is 1.79 bits per heavy atom. The number of rotatable bonds is 4. The van der Waals surface area contributed by atoms with Crippen LogP contribution in [-0.2, 0) is 0 Å². The fourth-order valence-electron chi connectivity index (χ4n) is 3.11.